The van der Waals surface area contributed by atoms with E-state index >= 15 is 0 Å². The molecule has 1 amide bonds. The molecule has 0 saturated heterocycles. The number of hydrogen-bond donors (Lipinski definition) is 1. The predicted molar refractivity (Wildman–Crippen MR) is 89.2 cm³/mol. The zero-order valence-electron chi connectivity index (χ0n) is 13.7. The van der Waals surface area contributed by atoms with Crippen molar-refractivity contribution in [2.24, 2.45) is 0 Å². The molecule has 26 heavy (non-hydrogen) atoms. The van der Waals surface area contributed by atoms with Crippen molar-refractivity contribution in [2.75, 3.05) is 11.9 Å². The molecule has 9 heteroatoms. The van der Waals surface area contributed by atoms with Crippen LogP contribution in [0.3, 0.4) is 0 Å². The van der Waals surface area contributed by atoms with Crippen LogP contribution in [0.25, 0.3) is 0 Å². The fourth-order valence-electron chi connectivity index (χ4n) is 1.92. The highest BCUT2D eigenvalue weighted by Crippen LogP contribution is 2.21. The monoisotopic (exact) mass is 362 g/mol. The Balaban J connectivity index is 1.88. The van der Waals surface area contributed by atoms with Gasteiger partial charge in [-0.1, -0.05) is 18.2 Å². The van der Waals surface area contributed by atoms with Gasteiger partial charge < -0.3 is 14.8 Å². The number of rotatable bonds is 7. The van der Waals surface area contributed by atoms with E-state index in [0.717, 1.165) is 18.2 Å². The van der Waals surface area contributed by atoms with Crippen molar-refractivity contribution in [3.8, 4) is 5.75 Å². The maximum absolute atomic E-state index is 13.3. The highest BCUT2D eigenvalue weighted by atomic mass is 19.1. The summed E-state index contributed by atoms with van der Waals surface area (Å²) >= 11 is 0. The van der Waals surface area contributed by atoms with Crippen LogP contribution >= 0.6 is 0 Å². The van der Waals surface area contributed by atoms with Crippen LogP contribution in [-0.2, 0) is 14.3 Å². The van der Waals surface area contributed by atoms with Gasteiger partial charge in [-0.2, -0.15) is 4.39 Å². The lowest BCUT2D eigenvalue weighted by Crippen LogP contribution is -2.31. The second-order valence-corrected chi connectivity index (χ2v) is 5.15. The van der Waals surface area contributed by atoms with E-state index in [1.807, 2.05) is 0 Å². The smallest absolute Gasteiger partial charge is 0.344 e. The normalized spacial score (nSPS) is 11.3. The standard InChI is InChI=1S/C17H15FN2O6/c1-11(26-16(21)10-25-13-5-3-2-4-6-13)17(22)19-12-7-8-14(18)15(9-12)20(23)24/h2-9,11H,10H2,1H3,(H,19,22)/t11-/m1/s1. The lowest BCUT2D eigenvalue weighted by Gasteiger charge is -2.14. The molecular weight excluding hydrogens is 347 g/mol. The van der Waals surface area contributed by atoms with E-state index in [2.05, 4.69) is 5.32 Å². The van der Waals surface area contributed by atoms with Crippen molar-refractivity contribution in [2.45, 2.75) is 13.0 Å². The van der Waals surface area contributed by atoms with Crippen LogP contribution in [0.15, 0.2) is 48.5 Å². The summed E-state index contributed by atoms with van der Waals surface area (Å²) in [6.07, 6.45) is -1.18. The second kappa shape index (κ2) is 8.56. The van der Waals surface area contributed by atoms with Gasteiger partial charge in [0, 0.05) is 11.8 Å². The van der Waals surface area contributed by atoms with Crippen LogP contribution in [0, 0.1) is 15.9 Å². The van der Waals surface area contributed by atoms with Crippen molar-refractivity contribution >= 4 is 23.3 Å². The van der Waals surface area contributed by atoms with Gasteiger partial charge >= 0.3 is 11.7 Å². The number of para-hydroxylation sites is 1. The van der Waals surface area contributed by atoms with Crippen LogP contribution in [0.4, 0.5) is 15.8 Å². The number of carbonyl (C=O) groups excluding carboxylic acids is 2. The third-order valence-corrected chi connectivity index (χ3v) is 3.19. The number of benzene rings is 2. The molecule has 1 N–H and O–H groups in total. The highest BCUT2D eigenvalue weighted by molar-refractivity contribution is 5.95. The summed E-state index contributed by atoms with van der Waals surface area (Å²) in [5.74, 6) is -2.04. The maximum atomic E-state index is 13.3. The van der Waals surface area contributed by atoms with Gasteiger partial charge in [-0.3, -0.25) is 14.9 Å². The summed E-state index contributed by atoms with van der Waals surface area (Å²) in [6.45, 7) is 0.942. The van der Waals surface area contributed by atoms with E-state index in [4.69, 9.17) is 9.47 Å². The summed E-state index contributed by atoms with van der Waals surface area (Å²) in [7, 11) is 0. The Morgan fingerprint density at radius 1 is 1.23 bits per heavy atom. The summed E-state index contributed by atoms with van der Waals surface area (Å²) in [5.41, 5.74) is -0.768. The first kappa shape index (κ1) is 18.8. The largest absolute Gasteiger partial charge is 0.482 e. The van der Waals surface area contributed by atoms with E-state index in [1.165, 1.54) is 6.92 Å². The first-order chi connectivity index (χ1) is 12.4. The lowest BCUT2D eigenvalue weighted by atomic mass is 10.2. The van der Waals surface area contributed by atoms with Gasteiger partial charge in [0.25, 0.3) is 5.91 Å². The highest BCUT2D eigenvalue weighted by Gasteiger charge is 2.20. The van der Waals surface area contributed by atoms with Crippen LogP contribution in [-0.4, -0.2) is 29.5 Å². The number of anilines is 1. The summed E-state index contributed by atoms with van der Waals surface area (Å²) in [6, 6.07) is 11.5. The Morgan fingerprint density at radius 2 is 1.92 bits per heavy atom. The van der Waals surface area contributed by atoms with Gasteiger partial charge in [-0.15, -0.1) is 0 Å². The summed E-state index contributed by atoms with van der Waals surface area (Å²) in [4.78, 5) is 33.5. The number of nitrogens with zero attached hydrogens (tertiary/aromatic N) is 1. The number of hydrogen-bond acceptors (Lipinski definition) is 6. The Labute approximate surface area is 147 Å². The lowest BCUT2D eigenvalue weighted by molar-refractivity contribution is -0.387. The molecule has 0 aliphatic rings. The molecule has 0 bridgehead atoms. The van der Waals surface area contributed by atoms with Gasteiger partial charge in [-0.05, 0) is 31.2 Å². The zero-order valence-corrected chi connectivity index (χ0v) is 13.7. The first-order valence-electron chi connectivity index (χ1n) is 7.49. The molecule has 2 aromatic carbocycles. The third-order valence-electron chi connectivity index (χ3n) is 3.19. The predicted octanol–water partition coefficient (Wildman–Crippen LogP) is 2.68. The van der Waals surface area contributed by atoms with E-state index in [0.29, 0.717) is 5.75 Å². The van der Waals surface area contributed by atoms with Gasteiger partial charge in [0.1, 0.15) is 5.75 Å². The summed E-state index contributed by atoms with van der Waals surface area (Å²) < 4.78 is 23.4. The fourth-order valence-corrected chi connectivity index (χ4v) is 1.92. The van der Waals surface area contributed by atoms with E-state index in [1.54, 1.807) is 30.3 Å². The number of esters is 1. The number of carbonyl (C=O) groups is 2. The zero-order chi connectivity index (χ0) is 19.1. The van der Waals surface area contributed by atoms with Gasteiger partial charge in [-0.25, -0.2) is 4.79 Å². The van der Waals surface area contributed by atoms with Crippen LogP contribution in [0.1, 0.15) is 6.92 Å². The molecule has 1 atom stereocenters. The molecule has 0 saturated carbocycles. The van der Waals surface area contributed by atoms with Crippen molar-refractivity contribution in [3.63, 3.8) is 0 Å². The topological polar surface area (TPSA) is 108 Å². The number of amides is 1. The SMILES string of the molecule is C[C@@H](OC(=O)COc1ccccc1)C(=O)Nc1ccc(F)c([N+](=O)[O-])c1. The number of ether oxygens (including phenoxy) is 2. The molecule has 0 heterocycles. The average molecular weight is 362 g/mol. The van der Waals surface area contributed by atoms with Crippen LogP contribution < -0.4 is 10.1 Å². The summed E-state index contributed by atoms with van der Waals surface area (Å²) in [5, 5.41) is 13.0. The minimum Gasteiger partial charge on any atom is -0.482 e. The van der Waals surface area contributed by atoms with E-state index < -0.39 is 34.4 Å². The molecule has 2 rings (SSSR count). The molecule has 0 unspecified atom stereocenters. The third kappa shape index (κ3) is 5.26. The van der Waals surface area contributed by atoms with Gasteiger partial charge in [0.05, 0.1) is 4.92 Å². The number of halogens is 1. The molecule has 8 nitrogen and oxygen atoms in total. The Hall–Kier alpha value is -3.49. The van der Waals surface area contributed by atoms with Crippen molar-refractivity contribution in [3.05, 3.63) is 64.5 Å². The van der Waals surface area contributed by atoms with Crippen molar-refractivity contribution in [1.29, 1.82) is 0 Å². The minimum atomic E-state index is -1.18. The fraction of sp³-hybridized carbons (Fsp3) is 0.176. The minimum absolute atomic E-state index is 0.00605. The Kier molecular flexibility index (Phi) is 6.20. The molecule has 0 aliphatic heterocycles. The number of nitrogens with one attached hydrogen (secondary N) is 1. The Morgan fingerprint density at radius 3 is 2.58 bits per heavy atom. The van der Waals surface area contributed by atoms with Gasteiger partial charge in [0.15, 0.2) is 12.7 Å². The molecular formula is C17H15FN2O6. The molecule has 136 valence electrons. The quantitative estimate of drug-likeness (QED) is 0.461. The Bertz CT molecular complexity index is 812. The van der Waals surface area contributed by atoms with E-state index in [-0.39, 0.29) is 12.3 Å². The molecule has 0 aromatic heterocycles. The number of nitro groups is 1. The average Bonchev–Trinajstić information content (AvgIpc) is 2.62. The maximum Gasteiger partial charge on any atom is 0.344 e. The van der Waals surface area contributed by atoms with E-state index in [9.17, 15) is 24.1 Å². The molecule has 0 aliphatic carbocycles. The second-order valence-electron chi connectivity index (χ2n) is 5.15. The molecule has 0 radical (unpaired) electrons. The molecule has 0 spiro atoms. The van der Waals surface area contributed by atoms with Gasteiger partial charge in [0.2, 0.25) is 5.82 Å². The van der Waals surface area contributed by atoms with Crippen molar-refractivity contribution < 1.29 is 28.4 Å². The number of nitro benzene ring substituents is 1. The van der Waals surface area contributed by atoms with Crippen LogP contribution in [0.5, 0.6) is 5.75 Å². The van der Waals surface area contributed by atoms with Crippen LogP contribution in [0.2, 0.25) is 0 Å². The molecule has 0 fully saturated rings. The molecule has 2 aromatic rings. The van der Waals surface area contributed by atoms with Crippen molar-refractivity contribution in [1.82, 2.24) is 0 Å². The first-order valence-corrected chi connectivity index (χ1v) is 7.49.